The molecule has 1 saturated heterocycles. The fourth-order valence-electron chi connectivity index (χ4n) is 3.80. The average Bonchev–Trinajstić information content (AvgIpc) is 2.95. The van der Waals surface area contributed by atoms with Crippen LogP contribution >= 0.6 is 0 Å². The highest BCUT2D eigenvalue weighted by molar-refractivity contribution is 6.10. The first-order valence-corrected chi connectivity index (χ1v) is 8.78. The van der Waals surface area contributed by atoms with Crippen LogP contribution in [0.15, 0.2) is 60.7 Å². The third-order valence-corrected chi connectivity index (χ3v) is 5.05. The van der Waals surface area contributed by atoms with Crippen molar-refractivity contribution in [3.05, 3.63) is 66.2 Å². The first kappa shape index (κ1) is 15.8. The SMILES string of the molecule is O=C(c1ccccc1)N1C(=O)N(c2ccccc2)NC12CCCCC2. The highest BCUT2D eigenvalue weighted by atomic mass is 16.2. The molecule has 0 radical (unpaired) electrons. The normalized spacial score (nSPS) is 19.4. The molecule has 1 aliphatic heterocycles. The molecular weight excluding hydrogens is 314 g/mol. The van der Waals surface area contributed by atoms with Crippen molar-refractivity contribution >= 4 is 17.6 Å². The molecule has 1 spiro atoms. The third kappa shape index (κ3) is 2.70. The second-order valence-electron chi connectivity index (χ2n) is 6.66. The summed E-state index contributed by atoms with van der Waals surface area (Å²) >= 11 is 0. The lowest BCUT2D eigenvalue weighted by atomic mass is 9.88. The second kappa shape index (κ2) is 6.33. The van der Waals surface area contributed by atoms with Crippen LogP contribution in [0.3, 0.4) is 0 Å². The second-order valence-corrected chi connectivity index (χ2v) is 6.66. The van der Waals surface area contributed by atoms with Gasteiger partial charge in [-0.05, 0) is 49.9 Å². The molecule has 1 heterocycles. The van der Waals surface area contributed by atoms with E-state index in [0.717, 1.165) is 37.8 Å². The van der Waals surface area contributed by atoms with Gasteiger partial charge >= 0.3 is 6.03 Å². The molecule has 1 aliphatic carbocycles. The van der Waals surface area contributed by atoms with Gasteiger partial charge in [-0.2, -0.15) is 5.43 Å². The van der Waals surface area contributed by atoms with Gasteiger partial charge in [0.25, 0.3) is 5.91 Å². The topological polar surface area (TPSA) is 52.7 Å². The van der Waals surface area contributed by atoms with Crippen LogP contribution < -0.4 is 10.4 Å². The number of urea groups is 1. The number of carbonyl (C=O) groups is 2. The minimum Gasteiger partial charge on any atom is -0.268 e. The molecule has 25 heavy (non-hydrogen) atoms. The highest BCUT2D eigenvalue weighted by Gasteiger charge is 2.53. The lowest BCUT2D eigenvalue weighted by molar-refractivity contribution is 0.0530. The highest BCUT2D eigenvalue weighted by Crippen LogP contribution is 2.38. The molecule has 0 aromatic heterocycles. The van der Waals surface area contributed by atoms with Crippen LogP contribution in [0.1, 0.15) is 42.5 Å². The quantitative estimate of drug-likeness (QED) is 0.904. The molecule has 5 heteroatoms. The maximum absolute atomic E-state index is 13.2. The average molecular weight is 335 g/mol. The van der Waals surface area contributed by atoms with Gasteiger partial charge in [-0.25, -0.2) is 14.7 Å². The van der Waals surface area contributed by atoms with Crippen LogP contribution in [0, 0.1) is 0 Å². The zero-order valence-electron chi connectivity index (χ0n) is 14.0. The van der Waals surface area contributed by atoms with Gasteiger partial charge in [-0.15, -0.1) is 0 Å². The first-order chi connectivity index (χ1) is 12.2. The van der Waals surface area contributed by atoms with Crippen molar-refractivity contribution < 1.29 is 9.59 Å². The molecule has 2 aromatic rings. The fourth-order valence-corrected chi connectivity index (χ4v) is 3.80. The Morgan fingerprint density at radius 1 is 0.880 bits per heavy atom. The molecule has 2 aromatic carbocycles. The van der Waals surface area contributed by atoms with Crippen molar-refractivity contribution in [1.29, 1.82) is 0 Å². The van der Waals surface area contributed by atoms with Crippen LogP contribution in [-0.4, -0.2) is 22.5 Å². The predicted molar refractivity (Wildman–Crippen MR) is 95.9 cm³/mol. The number of nitrogens with zero attached hydrogens (tertiary/aromatic N) is 2. The largest absolute Gasteiger partial charge is 0.347 e. The standard InChI is InChI=1S/C20H21N3O2/c24-18(16-10-4-1-5-11-16)22-19(25)23(17-12-6-2-7-13-17)21-20(22)14-8-3-9-15-20/h1-2,4-7,10-13,21H,3,8-9,14-15H2. The Hall–Kier alpha value is -2.66. The molecule has 1 saturated carbocycles. The van der Waals surface area contributed by atoms with Crippen LogP contribution in [0.2, 0.25) is 0 Å². The molecule has 2 aliphatic rings. The lowest BCUT2D eigenvalue weighted by Gasteiger charge is -2.38. The molecule has 3 amide bonds. The predicted octanol–water partition coefficient (Wildman–Crippen LogP) is 3.93. The van der Waals surface area contributed by atoms with Crippen LogP contribution in [0.4, 0.5) is 10.5 Å². The van der Waals surface area contributed by atoms with Gasteiger partial charge in [0.1, 0.15) is 5.66 Å². The van der Waals surface area contributed by atoms with Gasteiger partial charge in [0, 0.05) is 5.56 Å². The first-order valence-electron chi connectivity index (χ1n) is 8.78. The molecule has 1 N–H and O–H groups in total. The lowest BCUT2D eigenvalue weighted by Crippen LogP contribution is -2.56. The smallest absolute Gasteiger partial charge is 0.268 e. The number of benzene rings is 2. The van der Waals surface area contributed by atoms with Crippen LogP contribution in [-0.2, 0) is 0 Å². The Labute approximate surface area is 147 Å². The summed E-state index contributed by atoms with van der Waals surface area (Å²) in [7, 11) is 0. The number of hydrogen-bond acceptors (Lipinski definition) is 3. The summed E-state index contributed by atoms with van der Waals surface area (Å²) in [6, 6.07) is 18.2. The molecule has 5 nitrogen and oxygen atoms in total. The molecule has 2 fully saturated rings. The molecule has 128 valence electrons. The van der Waals surface area contributed by atoms with E-state index in [0.29, 0.717) is 5.56 Å². The van der Waals surface area contributed by atoms with Crippen molar-refractivity contribution in [3.8, 4) is 0 Å². The number of hydrazine groups is 1. The summed E-state index contributed by atoms with van der Waals surface area (Å²) in [6.07, 6.45) is 4.70. The zero-order valence-corrected chi connectivity index (χ0v) is 14.0. The summed E-state index contributed by atoms with van der Waals surface area (Å²) in [5, 5.41) is 1.52. The van der Waals surface area contributed by atoms with Gasteiger partial charge in [-0.1, -0.05) is 42.8 Å². The van der Waals surface area contributed by atoms with Crippen molar-refractivity contribution in [2.75, 3.05) is 5.01 Å². The van der Waals surface area contributed by atoms with Crippen molar-refractivity contribution in [1.82, 2.24) is 10.3 Å². The molecule has 0 bridgehead atoms. The number of hydrogen-bond donors (Lipinski definition) is 1. The Morgan fingerprint density at radius 3 is 2.12 bits per heavy atom. The number of amides is 3. The molecule has 4 rings (SSSR count). The number of carbonyl (C=O) groups excluding carboxylic acids is 2. The summed E-state index contributed by atoms with van der Waals surface area (Å²) in [5.41, 5.74) is 4.03. The molecular formula is C20H21N3O2. The van der Waals surface area contributed by atoms with Gasteiger partial charge in [0.2, 0.25) is 0 Å². The minimum atomic E-state index is -0.627. The van der Waals surface area contributed by atoms with Gasteiger partial charge in [-0.3, -0.25) is 4.79 Å². The van der Waals surface area contributed by atoms with E-state index in [2.05, 4.69) is 5.43 Å². The van der Waals surface area contributed by atoms with Gasteiger partial charge < -0.3 is 0 Å². The molecule has 0 unspecified atom stereocenters. The Morgan fingerprint density at radius 2 is 1.48 bits per heavy atom. The minimum absolute atomic E-state index is 0.238. The van der Waals surface area contributed by atoms with Crippen molar-refractivity contribution in [3.63, 3.8) is 0 Å². The summed E-state index contributed by atoms with van der Waals surface area (Å²) in [6.45, 7) is 0. The van der Waals surface area contributed by atoms with E-state index in [9.17, 15) is 9.59 Å². The Kier molecular flexibility index (Phi) is 4.01. The zero-order chi connectivity index (χ0) is 17.3. The van der Waals surface area contributed by atoms with Crippen molar-refractivity contribution in [2.45, 2.75) is 37.8 Å². The summed E-state index contributed by atoms with van der Waals surface area (Å²) in [4.78, 5) is 27.7. The van der Waals surface area contributed by atoms with E-state index >= 15 is 0 Å². The van der Waals surface area contributed by atoms with E-state index in [1.54, 1.807) is 12.1 Å². The third-order valence-electron chi connectivity index (χ3n) is 5.05. The van der Waals surface area contributed by atoms with E-state index in [1.807, 2.05) is 48.5 Å². The summed E-state index contributed by atoms with van der Waals surface area (Å²) in [5.74, 6) is -0.238. The molecule has 0 atom stereocenters. The maximum Gasteiger partial charge on any atom is 0.347 e. The Bertz CT molecular complexity index is 770. The number of anilines is 1. The number of imide groups is 1. The van der Waals surface area contributed by atoms with Crippen molar-refractivity contribution in [2.24, 2.45) is 0 Å². The van der Waals surface area contributed by atoms with Gasteiger partial charge in [0.05, 0.1) is 5.69 Å². The number of para-hydroxylation sites is 1. The van der Waals surface area contributed by atoms with E-state index < -0.39 is 5.66 Å². The monoisotopic (exact) mass is 335 g/mol. The maximum atomic E-state index is 13.2. The number of rotatable bonds is 2. The van der Waals surface area contributed by atoms with Crippen LogP contribution in [0.5, 0.6) is 0 Å². The van der Waals surface area contributed by atoms with Crippen LogP contribution in [0.25, 0.3) is 0 Å². The Balaban J connectivity index is 1.74. The van der Waals surface area contributed by atoms with E-state index in [4.69, 9.17) is 0 Å². The van der Waals surface area contributed by atoms with E-state index in [1.165, 1.54) is 9.91 Å². The number of nitrogens with one attached hydrogen (secondary N) is 1. The van der Waals surface area contributed by atoms with E-state index in [-0.39, 0.29) is 11.9 Å². The summed E-state index contributed by atoms with van der Waals surface area (Å²) < 4.78 is 0. The van der Waals surface area contributed by atoms with Gasteiger partial charge in [0.15, 0.2) is 0 Å². The fraction of sp³-hybridized carbons (Fsp3) is 0.300.